The summed E-state index contributed by atoms with van der Waals surface area (Å²) in [5.41, 5.74) is 0.934. The van der Waals surface area contributed by atoms with E-state index >= 15 is 0 Å². The number of likely N-dealkylation sites (tertiary alicyclic amines) is 1. The van der Waals surface area contributed by atoms with Gasteiger partial charge >= 0.3 is 0 Å². The Morgan fingerprint density at radius 1 is 1.04 bits per heavy atom. The highest BCUT2D eigenvalue weighted by atomic mass is 32.2. The molecule has 0 radical (unpaired) electrons. The van der Waals surface area contributed by atoms with Crippen LogP contribution in [0, 0.1) is 10.1 Å². The Bertz CT molecular complexity index is 848. The summed E-state index contributed by atoms with van der Waals surface area (Å²) in [5.74, 6) is 0. The number of nitrogens with one attached hydrogen (secondary N) is 1. The lowest BCUT2D eigenvalue weighted by atomic mass is 10.1. The SMILES string of the molecule is O=[N+]([O-])c1ccc(S(=O)(=O)NCC(c2ccccc2)N2CCCC2)cc1. The molecule has 8 heteroatoms. The molecule has 0 spiro atoms. The number of non-ortho nitro benzene ring substituents is 1. The van der Waals surface area contributed by atoms with Crippen molar-refractivity contribution in [3.05, 3.63) is 70.3 Å². The van der Waals surface area contributed by atoms with Crippen LogP contribution in [-0.2, 0) is 10.0 Å². The molecule has 0 aromatic heterocycles. The zero-order chi connectivity index (χ0) is 18.6. The summed E-state index contributed by atoms with van der Waals surface area (Å²) in [4.78, 5) is 12.5. The maximum Gasteiger partial charge on any atom is 0.269 e. The average Bonchev–Trinajstić information content (AvgIpc) is 3.17. The molecule has 1 heterocycles. The predicted molar refractivity (Wildman–Crippen MR) is 98.3 cm³/mol. The van der Waals surface area contributed by atoms with Crippen molar-refractivity contribution in [3.8, 4) is 0 Å². The van der Waals surface area contributed by atoms with Crippen LogP contribution in [-0.4, -0.2) is 37.9 Å². The fraction of sp³-hybridized carbons (Fsp3) is 0.333. The highest BCUT2D eigenvalue weighted by molar-refractivity contribution is 7.89. The largest absolute Gasteiger partial charge is 0.295 e. The van der Waals surface area contributed by atoms with Gasteiger partial charge in [-0.05, 0) is 43.6 Å². The van der Waals surface area contributed by atoms with E-state index in [9.17, 15) is 18.5 Å². The second-order valence-electron chi connectivity index (χ2n) is 6.27. The van der Waals surface area contributed by atoms with Crippen molar-refractivity contribution in [2.45, 2.75) is 23.8 Å². The number of rotatable bonds is 7. The fourth-order valence-corrected chi connectivity index (χ4v) is 4.24. The van der Waals surface area contributed by atoms with Crippen LogP contribution in [0.1, 0.15) is 24.4 Å². The monoisotopic (exact) mass is 375 g/mol. The normalized spacial score (nSPS) is 16.5. The summed E-state index contributed by atoms with van der Waals surface area (Å²) in [6.07, 6.45) is 2.22. The predicted octanol–water partition coefficient (Wildman–Crippen LogP) is 2.71. The Balaban J connectivity index is 1.76. The van der Waals surface area contributed by atoms with E-state index in [0.717, 1.165) is 31.5 Å². The molecule has 3 rings (SSSR count). The number of nitro benzene ring substituents is 1. The molecule has 0 aliphatic carbocycles. The van der Waals surface area contributed by atoms with Crippen molar-refractivity contribution in [2.24, 2.45) is 0 Å². The summed E-state index contributed by atoms with van der Waals surface area (Å²) in [6.45, 7) is 2.14. The van der Waals surface area contributed by atoms with E-state index < -0.39 is 14.9 Å². The molecule has 1 N–H and O–H groups in total. The number of sulfonamides is 1. The minimum Gasteiger partial charge on any atom is -0.295 e. The van der Waals surface area contributed by atoms with Gasteiger partial charge in [0, 0.05) is 24.7 Å². The van der Waals surface area contributed by atoms with E-state index in [1.54, 1.807) is 0 Å². The van der Waals surface area contributed by atoms with Crippen LogP contribution < -0.4 is 4.72 Å². The van der Waals surface area contributed by atoms with Gasteiger partial charge in [-0.2, -0.15) is 0 Å². The van der Waals surface area contributed by atoms with Gasteiger partial charge in [-0.15, -0.1) is 0 Å². The second kappa shape index (κ2) is 7.94. The summed E-state index contributed by atoms with van der Waals surface area (Å²) < 4.78 is 27.8. The minimum atomic E-state index is -3.73. The molecule has 1 aliphatic rings. The molecule has 1 fully saturated rings. The molecular weight excluding hydrogens is 354 g/mol. The number of hydrogen-bond donors (Lipinski definition) is 1. The molecule has 1 unspecified atom stereocenters. The van der Waals surface area contributed by atoms with E-state index in [2.05, 4.69) is 9.62 Å². The van der Waals surface area contributed by atoms with Crippen LogP contribution in [0.4, 0.5) is 5.69 Å². The molecule has 2 aromatic rings. The van der Waals surface area contributed by atoms with Crippen LogP contribution in [0.3, 0.4) is 0 Å². The van der Waals surface area contributed by atoms with Crippen LogP contribution in [0.25, 0.3) is 0 Å². The molecule has 7 nitrogen and oxygen atoms in total. The maximum atomic E-state index is 12.6. The zero-order valence-corrected chi connectivity index (χ0v) is 15.1. The summed E-state index contributed by atoms with van der Waals surface area (Å²) in [5, 5.41) is 10.7. The third-order valence-corrected chi connectivity index (χ3v) is 6.03. The first-order valence-electron chi connectivity index (χ1n) is 8.50. The van der Waals surface area contributed by atoms with Crippen molar-refractivity contribution in [1.29, 1.82) is 0 Å². The van der Waals surface area contributed by atoms with E-state index in [4.69, 9.17) is 0 Å². The first-order valence-corrected chi connectivity index (χ1v) is 9.99. The number of nitro groups is 1. The van der Waals surface area contributed by atoms with Gasteiger partial charge < -0.3 is 0 Å². The highest BCUT2D eigenvalue weighted by Crippen LogP contribution is 2.25. The number of benzene rings is 2. The fourth-order valence-electron chi connectivity index (χ4n) is 3.21. The van der Waals surface area contributed by atoms with E-state index in [1.807, 2.05) is 30.3 Å². The standard InChI is InChI=1S/C18H21N3O4S/c22-21(23)16-8-10-17(11-9-16)26(24,25)19-14-18(20-12-4-5-13-20)15-6-2-1-3-7-15/h1-3,6-11,18-19H,4-5,12-14H2. The molecule has 1 atom stereocenters. The van der Waals surface area contributed by atoms with Crippen LogP contribution in [0.2, 0.25) is 0 Å². The lowest BCUT2D eigenvalue weighted by Crippen LogP contribution is -2.36. The number of hydrogen-bond acceptors (Lipinski definition) is 5. The Morgan fingerprint density at radius 3 is 2.23 bits per heavy atom. The molecule has 1 saturated heterocycles. The zero-order valence-electron chi connectivity index (χ0n) is 14.2. The van der Waals surface area contributed by atoms with Crippen LogP contribution in [0.15, 0.2) is 59.5 Å². The molecule has 0 amide bonds. The summed E-state index contributed by atoms with van der Waals surface area (Å²) >= 11 is 0. The van der Waals surface area contributed by atoms with E-state index in [1.165, 1.54) is 24.3 Å². The van der Waals surface area contributed by atoms with Crippen LogP contribution >= 0.6 is 0 Å². The smallest absolute Gasteiger partial charge is 0.269 e. The molecule has 2 aromatic carbocycles. The number of nitrogens with zero attached hydrogens (tertiary/aromatic N) is 2. The van der Waals surface area contributed by atoms with Gasteiger partial charge in [-0.1, -0.05) is 30.3 Å². The average molecular weight is 375 g/mol. The van der Waals surface area contributed by atoms with Gasteiger partial charge in [-0.25, -0.2) is 13.1 Å². The molecule has 0 saturated carbocycles. The lowest BCUT2D eigenvalue weighted by molar-refractivity contribution is -0.384. The molecular formula is C18H21N3O4S. The Hall–Kier alpha value is -2.29. The van der Waals surface area contributed by atoms with E-state index in [-0.39, 0.29) is 23.2 Å². The van der Waals surface area contributed by atoms with Gasteiger partial charge in [0.1, 0.15) is 0 Å². The first kappa shape index (κ1) is 18.5. The second-order valence-corrected chi connectivity index (χ2v) is 8.04. The van der Waals surface area contributed by atoms with Gasteiger partial charge in [0.2, 0.25) is 10.0 Å². The summed E-state index contributed by atoms with van der Waals surface area (Å²) in [6, 6.07) is 14.7. The first-order chi connectivity index (χ1) is 12.5. The Labute approximate surface area is 152 Å². The molecule has 26 heavy (non-hydrogen) atoms. The van der Waals surface area contributed by atoms with Crippen LogP contribution in [0.5, 0.6) is 0 Å². The van der Waals surface area contributed by atoms with Crippen molar-refractivity contribution >= 4 is 15.7 Å². The third kappa shape index (κ3) is 4.27. The van der Waals surface area contributed by atoms with Gasteiger partial charge in [0.15, 0.2) is 0 Å². The quantitative estimate of drug-likeness (QED) is 0.593. The molecule has 0 bridgehead atoms. The Morgan fingerprint density at radius 2 is 1.65 bits per heavy atom. The third-order valence-electron chi connectivity index (χ3n) is 4.59. The van der Waals surface area contributed by atoms with Crippen molar-refractivity contribution in [1.82, 2.24) is 9.62 Å². The van der Waals surface area contributed by atoms with Crippen molar-refractivity contribution < 1.29 is 13.3 Å². The lowest BCUT2D eigenvalue weighted by Gasteiger charge is -2.28. The van der Waals surface area contributed by atoms with Gasteiger partial charge in [-0.3, -0.25) is 15.0 Å². The summed E-state index contributed by atoms with van der Waals surface area (Å²) in [7, 11) is -3.73. The van der Waals surface area contributed by atoms with Gasteiger partial charge in [0.05, 0.1) is 9.82 Å². The molecule has 1 aliphatic heterocycles. The Kier molecular flexibility index (Phi) is 5.65. The maximum absolute atomic E-state index is 12.6. The topological polar surface area (TPSA) is 92.5 Å². The van der Waals surface area contributed by atoms with Gasteiger partial charge in [0.25, 0.3) is 5.69 Å². The van der Waals surface area contributed by atoms with Crippen molar-refractivity contribution in [3.63, 3.8) is 0 Å². The van der Waals surface area contributed by atoms with E-state index in [0.29, 0.717) is 0 Å². The highest BCUT2D eigenvalue weighted by Gasteiger charge is 2.25. The minimum absolute atomic E-state index is 0.0244. The molecule has 138 valence electrons. The van der Waals surface area contributed by atoms with Crippen molar-refractivity contribution in [2.75, 3.05) is 19.6 Å².